The maximum absolute atomic E-state index is 11.8. The molecule has 0 spiro atoms. The number of pyridine rings is 1. The molecule has 0 bridgehead atoms. The summed E-state index contributed by atoms with van der Waals surface area (Å²) in [6, 6.07) is 8.66. The Bertz CT molecular complexity index is 4320. The average Bonchev–Trinajstić information content (AvgIpc) is 2.32. The van der Waals surface area contributed by atoms with Gasteiger partial charge in [0, 0.05) is 57.3 Å². The number of ketones is 3. The molecule has 10 aromatic rings. The summed E-state index contributed by atoms with van der Waals surface area (Å²) in [5.74, 6) is -3.36. The highest BCUT2D eigenvalue weighted by Crippen LogP contribution is 2.46. The first-order valence-electron chi connectivity index (χ1n) is 25.6. The lowest BCUT2D eigenvalue weighted by molar-refractivity contribution is 0.0675. The number of carboxylic acids is 3. The van der Waals surface area contributed by atoms with Gasteiger partial charge in [0.15, 0.2) is 28.6 Å². The van der Waals surface area contributed by atoms with E-state index in [2.05, 4.69) is 50.4 Å². The highest BCUT2D eigenvalue weighted by atomic mass is 32.1. The molecule has 1 saturated carbocycles. The van der Waals surface area contributed by atoms with Crippen LogP contribution >= 0.6 is 45.3 Å². The molecule has 11 rings (SSSR count). The Labute approximate surface area is 510 Å². The number of aryl methyl sites for hydroxylation is 9. The number of aromatic carboxylic acids is 3. The van der Waals surface area contributed by atoms with E-state index in [0.29, 0.717) is 60.1 Å². The molecule has 10 aromatic heterocycles. The molecule has 0 atom stereocenters. The molecule has 32 heteroatoms. The Morgan fingerprint density at radius 3 is 1.46 bits per heavy atom. The number of rotatable bonds is 14. The Hall–Kier alpha value is -9.96. The summed E-state index contributed by atoms with van der Waals surface area (Å²) in [5, 5.41) is 86.8. The molecular formula is C55H53N17O11S4. The minimum Gasteiger partial charge on any atom is -0.477 e. The number of thiazole rings is 4. The molecule has 1 aliphatic carbocycles. The van der Waals surface area contributed by atoms with E-state index in [1.54, 1.807) is 89.5 Å². The molecule has 5 N–H and O–H groups in total. The highest BCUT2D eigenvalue weighted by molar-refractivity contribution is 7.15. The lowest BCUT2D eigenvalue weighted by atomic mass is 10.1. The van der Waals surface area contributed by atoms with Crippen molar-refractivity contribution in [1.29, 1.82) is 10.5 Å². The van der Waals surface area contributed by atoms with Crippen LogP contribution in [-0.2, 0) is 35.2 Å². The van der Waals surface area contributed by atoms with Gasteiger partial charge in [0.25, 0.3) is 0 Å². The number of carbonyl (C=O) groups excluding carboxylic acids is 3. The average molecular weight is 1260 g/mol. The smallest absolute Gasteiger partial charge is 0.354 e. The second-order valence-corrected chi connectivity index (χ2v) is 23.1. The molecule has 448 valence electrons. The van der Waals surface area contributed by atoms with E-state index in [1.807, 2.05) is 32.9 Å². The van der Waals surface area contributed by atoms with E-state index >= 15 is 0 Å². The van der Waals surface area contributed by atoms with E-state index in [1.165, 1.54) is 101 Å². The fourth-order valence-electron chi connectivity index (χ4n) is 8.37. The number of hydrogen-bond donors (Lipinski definition) is 5. The third-order valence-electron chi connectivity index (χ3n) is 12.7. The Balaban J connectivity index is 0.000000156. The van der Waals surface area contributed by atoms with E-state index in [-0.39, 0.29) is 45.7 Å². The SMILES string of the molecule is CC(=O)c1sc(C)nc1-c1cnn(C)c1C(=O)CO.Cc1nc(-c2cnn(C)c2C(=O)CO)sc1C1CC1.Cc1nc(-c2cnn(C)c2C(=O)O)sc1C.Cn1ncc(-c2cccc(C#N)n2)c1C(=O)O.Cn1ncc(-c2nc(C#N)cs2)c1C(=O)O. The first-order chi connectivity index (χ1) is 41.3. The van der Waals surface area contributed by atoms with Crippen molar-refractivity contribution in [2.45, 2.75) is 53.4 Å². The lowest BCUT2D eigenvalue weighted by Gasteiger charge is -2.02. The number of aromatic nitrogens is 15. The van der Waals surface area contributed by atoms with Crippen molar-refractivity contribution in [2.75, 3.05) is 13.2 Å². The summed E-state index contributed by atoms with van der Waals surface area (Å²) in [6.07, 6.45) is 10.0. The first-order valence-corrected chi connectivity index (χ1v) is 28.9. The van der Waals surface area contributed by atoms with Gasteiger partial charge >= 0.3 is 17.9 Å². The van der Waals surface area contributed by atoms with Crippen molar-refractivity contribution < 1.29 is 54.3 Å². The Morgan fingerprint density at radius 2 is 1.00 bits per heavy atom. The number of nitrogens with zero attached hydrogens (tertiary/aromatic N) is 17. The van der Waals surface area contributed by atoms with Crippen LogP contribution in [0.3, 0.4) is 0 Å². The largest absolute Gasteiger partial charge is 0.477 e. The van der Waals surface area contributed by atoms with Gasteiger partial charge in [-0.25, -0.2) is 39.3 Å². The van der Waals surface area contributed by atoms with Crippen LogP contribution < -0.4 is 0 Å². The molecule has 10 heterocycles. The van der Waals surface area contributed by atoms with Crippen molar-refractivity contribution >= 4 is 80.6 Å². The molecule has 0 radical (unpaired) electrons. The maximum atomic E-state index is 11.8. The van der Waals surface area contributed by atoms with Gasteiger partial charge in [-0.15, -0.1) is 45.3 Å². The van der Waals surface area contributed by atoms with Gasteiger partial charge in [0.05, 0.1) is 91.5 Å². The minimum atomic E-state index is -1.08. The first kappa shape index (κ1) is 64.6. The van der Waals surface area contributed by atoms with Gasteiger partial charge in [0.1, 0.15) is 57.5 Å². The van der Waals surface area contributed by atoms with Crippen molar-refractivity contribution in [2.24, 2.45) is 35.2 Å². The van der Waals surface area contributed by atoms with E-state index < -0.39 is 36.9 Å². The van der Waals surface area contributed by atoms with Crippen LogP contribution in [0.15, 0.2) is 54.6 Å². The van der Waals surface area contributed by atoms with Gasteiger partial charge in [-0.05, 0) is 58.6 Å². The van der Waals surface area contributed by atoms with E-state index in [0.717, 1.165) is 31.8 Å². The van der Waals surface area contributed by atoms with E-state index in [9.17, 15) is 28.8 Å². The van der Waals surface area contributed by atoms with Gasteiger partial charge < -0.3 is 25.5 Å². The van der Waals surface area contributed by atoms with Gasteiger partial charge in [-0.1, -0.05) is 6.07 Å². The van der Waals surface area contributed by atoms with Crippen LogP contribution in [-0.4, -0.2) is 148 Å². The number of Topliss-reactive ketones (excluding diaryl/α,β-unsaturated/α-hetero) is 3. The standard InChI is InChI=1S/C13H15N3O2S.C12H13N3O3S.C11H8N4O2.C10H11N3O2S.C9H6N4O2S/c1-7-12(8-3-4-8)19-13(15-7)9-5-14-16(2)11(9)10(18)6-17;1-6(17)12-10(14-7(2)19-12)8-4-13-15(3)11(8)9(18)5-16;1-15-10(11(16)17)8(6-13-15)9-4-2-3-7(5-12)14-9;1-5-6(2)16-9(12-5)7-4-11-13(3)8(7)10(14)15;1-13-7(9(14)15)6(3-11-13)8-12-5(2-10)4-16-8/h5,8,17H,3-4,6H2,1-2H3;4,16H,5H2,1-3H3;2-4,6H,1H3,(H,16,17);4H,1-3H3,(H,14,15);3-4H,1H3,(H,14,15). The summed E-state index contributed by atoms with van der Waals surface area (Å²) >= 11 is 5.63. The predicted molar refractivity (Wildman–Crippen MR) is 318 cm³/mol. The number of carboxylic acid groups (broad SMARTS) is 3. The quantitative estimate of drug-likeness (QED) is 0.0674. The molecule has 0 saturated heterocycles. The zero-order valence-electron chi connectivity index (χ0n) is 48.0. The van der Waals surface area contributed by atoms with Crippen LogP contribution in [0, 0.1) is 50.4 Å². The number of aliphatic hydroxyl groups is 2. The molecule has 0 aliphatic heterocycles. The molecule has 0 unspecified atom stereocenters. The minimum absolute atomic E-state index is 0.0487. The summed E-state index contributed by atoms with van der Waals surface area (Å²) in [4.78, 5) is 92.5. The zero-order chi connectivity index (χ0) is 63.7. The second kappa shape index (κ2) is 27.8. The zero-order valence-corrected chi connectivity index (χ0v) is 51.3. The Morgan fingerprint density at radius 1 is 0.552 bits per heavy atom. The normalized spacial score (nSPS) is 11.3. The predicted octanol–water partition coefficient (Wildman–Crippen LogP) is 7.16. The fraction of sp³-hybridized carbons (Fsp3) is 0.273. The fourth-order valence-corrected chi connectivity index (χ4v) is 12.1. The van der Waals surface area contributed by atoms with Crippen LogP contribution in [0.1, 0.15) is 125 Å². The van der Waals surface area contributed by atoms with Crippen molar-refractivity contribution in [3.8, 4) is 66.4 Å². The number of aliphatic hydroxyl groups excluding tert-OH is 2. The number of hydrogen-bond acceptors (Lipinski definition) is 24. The van der Waals surface area contributed by atoms with Gasteiger partial charge in [-0.2, -0.15) is 36.0 Å². The molecule has 1 fully saturated rings. The third-order valence-corrected chi connectivity index (χ3v) is 17.1. The maximum Gasteiger partial charge on any atom is 0.354 e. The number of nitriles is 2. The molecular weight excluding hydrogens is 1200 g/mol. The van der Waals surface area contributed by atoms with E-state index in [4.69, 9.17) is 36.1 Å². The topological polar surface area (TPSA) is 405 Å². The molecule has 0 amide bonds. The summed E-state index contributed by atoms with van der Waals surface area (Å²) < 4.78 is 6.77. The summed E-state index contributed by atoms with van der Waals surface area (Å²) in [5.41, 5.74) is 6.98. The van der Waals surface area contributed by atoms with Crippen LogP contribution in [0.5, 0.6) is 0 Å². The van der Waals surface area contributed by atoms with Crippen molar-refractivity contribution in [3.05, 3.63) is 125 Å². The summed E-state index contributed by atoms with van der Waals surface area (Å²) in [6.45, 7) is 8.03. The molecule has 0 aromatic carbocycles. The Kier molecular flexibility index (Phi) is 20.7. The number of carbonyl (C=O) groups is 6. The van der Waals surface area contributed by atoms with Gasteiger partial charge in [0.2, 0.25) is 11.6 Å². The highest BCUT2D eigenvalue weighted by Gasteiger charge is 2.30. The molecule has 87 heavy (non-hydrogen) atoms. The lowest BCUT2D eigenvalue weighted by Crippen LogP contribution is -2.12. The second-order valence-electron chi connectivity index (χ2n) is 18.8. The van der Waals surface area contributed by atoms with Crippen LogP contribution in [0.4, 0.5) is 0 Å². The van der Waals surface area contributed by atoms with Crippen molar-refractivity contribution in [3.63, 3.8) is 0 Å². The third kappa shape index (κ3) is 14.6. The van der Waals surface area contributed by atoms with Crippen LogP contribution in [0.2, 0.25) is 0 Å². The van der Waals surface area contributed by atoms with Crippen LogP contribution in [0.25, 0.3) is 54.2 Å². The summed E-state index contributed by atoms with van der Waals surface area (Å²) in [7, 11) is 8.01. The monoisotopic (exact) mass is 1260 g/mol. The molecule has 1 aliphatic rings. The van der Waals surface area contributed by atoms with Crippen molar-refractivity contribution in [1.82, 2.24) is 73.8 Å². The van der Waals surface area contributed by atoms with Gasteiger partial charge in [-0.3, -0.25) is 37.8 Å². The molecule has 28 nitrogen and oxygen atoms in total.